The molecule has 112 valence electrons. The summed E-state index contributed by atoms with van der Waals surface area (Å²) in [4.78, 5) is 0. The molecule has 0 heterocycles. The Labute approximate surface area is 121 Å². The van der Waals surface area contributed by atoms with Crippen LogP contribution in [0.5, 0.6) is 0 Å². The van der Waals surface area contributed by atoms with Crippen molar-refractivity contribution in [3.63, 3.8) is 0 Å². The van der Waals surface area contributed by atoms with E-state index in [1.54, 1.807) is 0 Å². The van der Waals surface area contributed by atoms with Gasteiger partial charge in [0.2, 0.25) is 0 Å². The zero-order valence-electron chi connectivity index (χ0n) is 13.6. The van der Waals surface area contributed by atoms with E-state index in [1.165, 1.54) is 70.6 Å². The molecule has 0 radical (unpaired) electrons. The highest BCUT2D eigenvalue weighted by Gasteiger charge is 2.20. The van der Waals surface area contributed by atoms with E-state index in [1.807, 2.05) is 0 Å². The summed E-state index contributed by atoms with van der Waals surface area (Å²) in [7, 11) is 0. The predicted octanol–water partition coefficient (Wildman–Crippen LogP) is 6.48. The topological polar surface area (TPSA) is 23.8 Å². The van der Waals surface area contributed by atoms with Crippen molar-refractivity contribution in [2.45, 2.75) is 97.8 Å². The fourth-order valence-corrected chi connectivity index (χ4v) is 2.88. The zero-order chi connectivity index (χ0) is 14.3. The van der Waals surface area contributed by atoms with Crippen molar-refractivity contribution in [2.75, 3.05) is 0 Å². The van der Waals surface area contributed by atoms with Gasteiger partial charge in [0.25, 0.3) is 0 Å². The van der Waals surface area contributed by atoms with Crippen LogP contribution >= 0.6 is 0 Å². The average molecular weight is 265 g/mol. The standard InChI is InChI=1S/C18H35N/c1-4-7-10-13-17(14-11-8-5-2)18(16-19)15-12-9-6-3/h17-18H,4-15H2,1-3H3. The van der Waals surface area contributed by atoms with E-state index in [0.717, 1.165) is 6.42 Å². The minimum atomic E-state index is 0.320. The molecule has 0 aliphatic rings. The van der Waals surface area contributed by atoms with Crippen molar-refractivity contribution >= 4 is 0 Å². The highest BCUT2D eigenvalue weighted by molar-refractivity contribution is 4.88. The largest absolute Gasteiger partial charge is 0.198 e. The molecule has 0 bridgehead atoms. The van der Waals surface area contributed by atoms with E-state index >= 15 is 0 Å². The summed E-state index contributed by atoms with van der Waals surface area (Å²) in [6.45, 7) is 6.76. The molecule has 19 heavy (non-hydrogen) atoms. The van der Waals surface area contributed by atoms with Crippen LogP contribution in [0.2, 0.25) is 0 Å². The van der Waals surface area contributed by atoms with E-state index in [4.69, 9.17) is 0 Å². The molecule has 0 aliphatic carbocycles. The summed E-state index contributed by atoms with van der Waals surface area (Å²) in [5, 5.41) is 9.46. The number of rotatable bonds is 13. The van der Waals surface area contributed by atoms with Crippen molar-refractivity contribution in [2.24, 2.45) is 11.8 Å². The molecule has 0 saturated heterocycles. The lowest BCUT2D eigenvalue weighted by Crippen LogP contribution is -2.14. The fraction of sp³-hybridized carbons (Fsp3) is 0.944. The Hall–Kier alpha value is -0.510. The third-order valence-corrected chi connectivity index (χ3v) is 4.21. The van der Waals surface area contributed by atoms with Crippen molar-refractivity contribution in [1.29, 1.82) is 5.26 Å². The van der Waals surface area contributed by atoms with Crippen LogP contribution in [0, 0.1) is 23.2 Å². The van der Waals surface area contributed by atoms with Gasteiger partial charge in [-0.2, -0.15) is 5.26 Å². The lowest BCUT2D eigenvalue weighted by molar-refractivity contribution is 0.309. The second-order valence-electron chi connectivity index (χ2n) is 5.98. The first kappa shape index (κ1) is 18.5. The molecular weight excluding hydrogens is 230 g/mol. The quantitative estimate of drug-likeness (QED) is 0.349. The molecule has 0 aromatic rings. The molecule has 0 rings (SSSR count). The first-order valence-electron chi connectivity index (χ1n) is 8.69. The van der Waals surface area contributed by atoms with Gasteiger partial charge in [-0.3, -0.25) is 0 Å². The zero-order valence-corrected chi connectivity index (χ0v) is 13.6. The maximum Gasteiger partial charge on any atom is 0.0658 e. The first-order valence-corrected chi connectivity index (χ1v) is 8.69. The summed E-state index contributed by atoms with van der Waals surface area (Å²) >= 11 is 0. The minimum absolute atomic E-state index is 0.320. The van der Waals surface area contributed by atoms with Crippen molar-refractivity contribution in [3.05, 3.63) is 0 Å². The Morgan fingerprint density at radius 3 is 1.47 bits per heavy atom. The van der Waals surface area contributed by atoms with Crippen LogP contribution < -0.4 is 0 Å². The maximum absolute atomic E-state index is 9.46. The number of hydrogen-bond acceptors (Lipinski definition) is 1. The average Bonchev–Trinajstić information content (AvgIpc) is 2.43. The SMILES string of the molecule is CCCCCC(C#N)C(CCCCC)CCCCC. The van der Waals surface area contributed by atoms with Crippen molar-refractivity contribution in [1.82, 2.24) is 0 Å². The normalized spacial score (nSPS) is 12.6. The van der Waals surface area contributed by atoms with Crippen LogP contribution in [0.25, 0.3) is 0 Å². The number of nitrogens with zero attached hydrogens (tertiary/aromatic N) is 1. The van der Waals surface area contributed by atoms with Gasteiger partial charge < -0.3 is 0 Å². The van der Waals surface area contributed by atoms with Gasteiger partial charge in [-0.05, 0) is 25.2 Å². The maximum atomic E-state index is 9.46. The molecular formula is C18H35N. The second-order valence-corrected chi connectivity index (χ2v) is 5.98. The number of nitriles is 1. The number of unbranched alkanes of at least 4 members (excludes halogenated alkanes) is 6. The summed E-state index contributed by atoms with van der Waals surface area (Å²) in [5.74, 6) is 0.986. The molecule has 0 spiro atoms. The molecule has 0 aliphatic heterocycles. The smallest absolute Gasteiger partial charge is 0.0658 e. The Morgan fingerprint density at radius 2 is 1.11 bits per heavy atom. The van der Waals surface area contributed by atoms with Gasteiger partial charge in [0.05, 0.1) is 6.07 Å². The molecule has 0 saturated carbocycles. The van der Waals surface area contributed by atoms with Gasteiger partial charge >= 0.3 is 0 Å². The summed E-state index contributed by atoms with van der Waals surface area (Å²) in [6, 6.07) is 2.61. The van der Waals surface area contributed by atoms with Crippen molar-refractivity contribution in [3.8, 4) is 6.07 Å². The molecule has 0 aromatic heterocycles. The third kappa shape index (κ3) is 10.00. The van der Waals surface area contributed by atoms with E-state index in [-0.39, 0.29) is 0 Å². The monoisotopic (exact) mass is 265 g/mol. The summed E-state index contributed by atoms with van der Waals surface area (Å²) in [6.07, 6.45) is 15.4. The molecule has 1 unspecified atom stereocenters. The van der Waals surface area contributed by atoms with Crippen LogP contribution in [0.3, 0.4) is 0 Å². The lowest BCUT2D eigenvalue weighted by atomic mass is 9.81. The molecule has 0 N–H and O–H groups in total. The van der Waals surface area contributed by atoms with Gasteiger partial charge in [0.15, 0.2) is 0 Å². The first-order chi connectivity index (χ1) is 9.29. The van der Waals surface area contributed by atoms with Gasteiger partial charge in [-0.1, -0.05) is 78.6 Å². The van der Waals surface area contributed by atoms with Crippen LogP contribution in [-0.2, 0) is 0 Å². The molecule has 0 aromatic carbocycles. The number of hydrogen-bond donors (Lipinski definition) is 0. The molecule has 1 heteroatoms. The van der Waals surface area contributed by atoms with Crippen molar-refractivity contribution < 1.29 is 0 Å². The lowest BCUT2D eigenvalue weighted by Gasteiger charge is -2.22. The van der Waals surface area contributed by atoms with Gasteiger partial charge in [0, 0.05) is 5.92 Å². The Morgan fingerprint density at radius 1 is 0.684 bits per heavy atom. The van der Waals surface area contributed by atoms with Gasteiger partial charge in [0.1, 0.15) is 0 Å². The van der Waals surface area contributed by atoms with Crippen LogP contribution in [0.1, 0.15) is 97.8 Å². The minimum Gasteiger partial charge on any atom is -0.198 e. The Bertz CT molecular complexity index is 206. The van der Waals surface area contributed by atoms with E-state index in [9.17, 15) is 5.26 Å². The van der Waals surface area contributed by atoms with Crippen LogP contribution in [0.4, 0.5) is 0 Å². The molecule has 1 nitrogen and oxygen atoms in total. The predicted molar refractivity (Wildman–Crippen MR) is 85.0 cm³/mol. The molecule has 1 atom stereocenters. The highest BCUT2D eigenvalue weighted by Crippen LogP contribution is 2.28. The van der Waals surface area contributed by atoms with Crippen LogP contribution in [-0.4, -0.2) is 0 Å². The molecule has 0 fully saturated rings. The van der Waals surface area contributed by atoms with E-state index < -0.39 is 0 Å². The third-order valence-electron chi connectivity index (χ3n) is 4.21. The molecule has 0 amide bonds. The highest BCUT2D eigenvalue weighted by atomic mass is 14.3. The van der Waals surface area contributed by atoms with Gasteiger partial charge in [-0.25, -0.2) is 0 Å². The Balaban J connectivity index is 4.18. The van der Waals surface area contributed by atoms with Gasteiger partial charge in [-0.15, -0.1) is 0 Å². The van der Waals surface area contributed by atoms with E-state index in [0.29, 0.717) is 11.8 Å². The Kier molecular flexibility index (Phi) is 13.5. The summed E-state index contributed by atoms with van der Waals surface area (Å²) < 4.78 is 0. The summed E-state index contributed by atoms with van der Waals surface area (Å²) in [5.41, 5.74) is 0. The van der Waals surface area contributed by atoms with Crippen LogP contribution in [0.15, 0.2) is 0 Å². The fourth-order valence-electron chi connectivity index (χ4n) is 2.88. The van der Waals surface area contributed by atoms with E-state index in [2.05, 4.69) is 26.8 Å². The second kappa shape index (κ2) is 13.9.